The molecule has 0 amide bonds. The predicted molar refractivity (Wildman–Crippen MR) is 101 cm³/mol. The number of carboxylic acid groups (broad SMARTS) is 1. The molecule has 0 bridgehead atoms. The molecule has 2 aliphatic rings. The number of fused-ring (bicyclic) bond motifs is 1. The first-order valence-corrected chi connectivity index (χ1v) is 10.7. The summed E-state index contributed by atoms with van der Waals surface area (Å²) in [5.41, 5.74) is 0.893. The van der Waals surface area contributed by atoms with E-state index in [0.29, 0.717) is 22.3 Å². The van der Waals surface area contributed by atoms with E-state index in [1.807, 2.05) is 18.4 Å². The van der Waals surface area contributed by atoms with E-state index in [0.717, 1.165) is 18.4 Å². The lowest BCUT2D eigenvalue weighted by molar-refractivity contribution is -0.116. The molecule has 2 N–H and O–H groups in total. The molecule has 1 aliphatic heterocycles. The molecule has 5 nitrogen and oxygen atoms in total. The summed E-state index contributed by atoms with van der Waals surface area (Å²) in [7, 11) is -1.15. The van der Waals surface area contributed by atoms with E-state index in [9.17, 15) is 19.7 Å². The maximum absolute atomic E-state index is 11.9. The molecular weight excluding hydrogens is 359 g/mol. The Kier molecular flexibility index (Phi) is 6.02. The van der Waals surface area contributed by atoms with Gasteiger partial charge in [-0.15, -0.1) is 11.8 Å². The standard InChI is InChI=1S/C17H21BO5S2/c1-24-9-12(19)8-11-7-10-5-6-14(25-13-3-2-4-13)15(17(20)21)16(10)23-18(11)22/h5-6,11,13,22H,2-4,7-9H2,1H3,(H,20,21)/t11-/m1/s1. The predicted octanol–water partition coefficient (Wildman–Crippen LogP) is 3.14. The highest BCUT2D eigenvalue weighted by Gasteiger charge is 2.38. The lowest BCUT2D eigenvalue weighted by Crippen LogP contribution is -2.36. The fourth-order valence-electron chi connectivity index (χ4n) is 3.16. The number of carboxylic acids is 1. The van der Waals surface area contributed by atoms with Crippen LogP contribution in [-0.2, 0) is 11.2 Å². The largest absolute Gasteiger partial charge is 0.535 e. The summed E-state index contributed by atoms with van der Waals surface area (Å²) in [6.07, 6.45) is 5.94. The van der Waals surface area contributed by atoms with Gasteiger partial charge in [0, 0.05) is 22.4 Å². The van der Waals surface area contributed by atoms with Crippen molar-refractivity contribution in [2.24, 2.45) is 0 Å². The molecule has 134 valence electrons. The molecule has 1 fully saturated rings. The van der Waals surface area contributed by atoms with Crippen molar-refractivity contribution in [1.29, 1.82) is 0 Å². The second-order valence-corrected chi connectivity index (χ2v) is 8.76. The summed E-state index contributed by atoms with van der Waals surface area (Å²) in [6, 6.07) is 3.72. The fourth-order valence-corrected chi connectivity index (χ4v) is 4.97. The van der Waals surface area contributed by atoms with Crippen molar-refractivity contribution >= 4 is 42.4 Å². The Hall–Kier alpha value is -1.12. The van der Waals surface area contributed by atoms with Gasteiger partial charge in [0.05, 0.1) is 5.75 Å². The first-order chi connectivity index (χ1) is 12.0. The topological polar surface area (TPSA) is 83.8 Å². The van der Waals surface area contributed by atoms with Gasteiger partial charge in [0.15, 0.2) is 0 Å². The van der Waals surface area contributed by atoms with Gasteiger partial charge in [0.1, 0.15) is 17.1 Å². The molecule has 1 saturated carbocycles. The average molecular weight is 380 g/mol. The number of ketones is 1. The number of Topliss-reactive ketones (excluding diaryl/α,β-unsaturated/α-hetero) is 1. The minimum atomic E-state index is -1.15. The van der Waals surface area contributed by atoms with E-state index in [2.05, 4.69) is 0 Å². The van der Waals surface area contributed by atoms with E-state index in [1.54, 1.807) is 11.8 Å². The number of carbonyl (C=O) groups is 2. The maximum Gasteiger partial charge on any atom is 0.526 e. The third-order valence-corrected chi connectivity index (χ3v) is 6.69. The van der Waals surface area contributed by atoms with Gasteiger partial charge >= 0.3 is 13.1 Å². The van der Waals surface area contributed by atoms with Crippen LogP contribution in [0.2, 0.25) is 5.82 Å². The van der Waals surface area contributed by atoms with Gasteiger partial charge in [-0.05, 0) is 37.1 Å². The Bertz CT molecular complexity index is 677. The van der Waals surface area contributed by atoms with Crippen molar-refractivity contribution < 1.29 is 24.4 Å². The SMILES string of the molecule is CSCC(=O)C[C@H]1Cc2ccc(SC3CCC3)c(C(=O)O)c2OB1O. The summed E-state index contributed by atoms with van der Waals surface area (Å²) >= 11 is 3.03. The second kappa shape index (κ2) is 8.06. The normalized spacial score (nSPS) is 19.8. The molecule has 0 saturated heterocycles. The lowest BCUT2D eigenvalue weighted by atomic mass is 9.64. The van der Waals surface area contributed by atoms with E-state index in [4.69, 9.17) is 4.65 Å². The fraction of sp³-hybridized carbons (Fsp3) is 0.529. The van der Waals surface area contributed by atoms with Crippen molar-refractivity contribution in [3.63, 3.8) is 0 Å². The summed E-state index contributed by atoms with van der Waals surface area (Å²) in [5, 5.41) is 20.4. The van der Waals surface area contributed by atoms with Crippen molar-refractivity contribution in [3.05, 3.63) is 23.3 Å². The molecule has 0 spiro atoms. The Labute approximate surface area is 156 Å². The zero-order chi connectivity index (χ0) is 18.0. The van der Waals surface area contributed by atoms with E-state index >= 15 is 0 Å². The Balaban J connectivity index is 1.84. The highest BCUT2D eigenvalue weighted by Crippen LogP contribution is 2.44. The van der Waals surface area contributed by atoms with Gasteiger partial charge in [-0.1, -0.05) is 12.5 Å². The molecular formula is C17H21BO5S2. The van der Waals surface area contributed by atoms with Crippen molar-refractivity contribution in [1.82, 2.24) is 0 Å². The number of hydrogen-bond donors (Lipinski definition) is 2. The minimum Gasteiger partial charge on any atom is -0.535 e. The molecule has 1 aromatic carbocycles. The van der Waals surface area contributed by atoms with Crippen LogP contribution in [0.25, 0.3) is 0 Å². The van der Waals surface area contributed by atoms with Crippen LogP contribution < -0.4 is 4.65 Å². The van der Waals surface area contributed by atoms with E-state index < -0.39 is 13.1 Å². The molecule has 3 rings (SSSR count). The van der Waals surface area contributed by atoms with Gasteiger partial charge in [-0.2, -0.15) is 11.8 Å². The number of rotatable bonds is 7. The molecule has 0 aromatic heterocycles. The van der Waals surface area contributed by atoms with Crippen LogP contribution in [0.5, 0.6) is 5.75 Å². The van der Waals surface area contributed by atoms with Crippen molar-refractivity contribution in [3.8, 4) is 5.75 Å². The molecule has 1 aliphatic carbocycles. The summed E-state index contributed by atoms with van der Waals surface area (Å²) in [6.45, 7) is 0. The maximum atomic E-state index is 11.9. The van der Waals surface area contributed by atoms with Gasteiger partial charge in [0.25, 0.3) is 0 Å². The lowest BCUT2D eigenvalue weighted by Gasteiger charge is -2.30. The molecule has 1 aromatic rings. The first kappa shape index (κ1) is 18.7. The van der Waals surface area contributed by atoms with Crippen LogP contribution in [0.1, 0.15) is 41.6 Å². The first-order valence-electron chi connectivity index (χ1n) is 8.40. The highest BCUT2D eigenvalue weighted by molar-refractivity contribution is 8.00. The van der Waals surface area contributed by atoms with Crippen LogP contribution in [-0.4, -0.2) is 46.3 Å². The molecule has 25 heavy (non-hydrogen) atoms. The number of benzene rings is 1. The van der Waals surface area contributed by atoms with Crippen LogP contribution in [0.4, 0.5) is 0 Å². The number of aromatic carboxylic acids is 1. The Morgan fingerprint density at radius 2 is 2.12 bits per heavy atom. The highest BCUT2D eigenvalue weighted by atomic mass is 32.2. The van der Waals surface area contributed by atoms with Crippen LogP contribution >= 0.6 is 23.5 Å². The molecule has 8 heteroatoms. The minimum absolute atomic E-state index is 0.0687. The monoisotopic (exact) mass is 380 g/mol. The van der Waals surface area contributed by atoms with Crippen molar-refractivity contribution in [2.45, 2.75) is 48.1 Å². The summed E-state index contributed by atoms with van der Waals surface area (Å²) in [4.78, 5) is 24.4. The summed E-state index contributed by atoms with van der Waals surface area (Å²) < 4.78 is 5.59. The molecule has 1 atom stereocenters. The molecule has 0 unspecified atom stereocenters. The number of carbonyl (C=O) groups excluding carboxylic acids is 1. The zero-order valence-corrected chi connectivity index (χ0v) is 15.7. The Morgan fingerprint density at radius 3 is 2.72 bits per heavy atom. The third kappa shape index (κ3) is 4.18. The van der Waals surface area contributed by atoms with Gasteiger partial charge < -0.3 is 14.8 Å². The Morgan fingerprint density at radius 1 is 1.36 bits per heavy atom. The zero-order valence-electron chi connectivity index (χ0n) is 14.1. The van der Waals surface area contributed by atoms with Crippen LogP contribution in [0, 0.1) is 0 Å². The average Bonchev–Trinajstić information content (AvgIpc) is 2.51. The van der Waals surface area contributed by atoms with E-state index in [-0.39, 0.29) is 29.3 Å². The number of thioether (sulfide) groups is 2. The number of hydrogen-bond acceptors (Lipinski definition) is 6. The van der Waals surface area contributed by atoms with Crippen LogP contribution in [0.3, 0.4) is 0 Å². The van der Waals surface area contributed by atoms with Gasteiger partial charge in [-0.3, -0.25) is 4.79 Å². The van der Waals surface area contributed by atoms with E-state index in [1.165, 1.54) is 18.2 Å². The molecule has 1 heterocycles. The second-order valence-electron chi connectivity index (χ2n) is 6.55. The quantitative estimate of drug-likeness (QED) is 0.703. The van der Waals surface area contributed by atoms with Crippen LogP contribution in [0.15, 0.2) is 17.0 Å². The smallest absolute Gasteiger partial charge is 0.526 e. The third-order valence-electron chi connectivity index (χ3n) is 4.68. The van der Waals surface area contributed by atoms with Gasteiger partial charge in [0.2, 0.25) is 0 Å². The molecule has 0 radical (unpaired) electrons. The van der Waals surface area contributed by atoms with Crippen molar-refractivity contribution in [2.75, 3.05) is 12.0 Å². The van der Waals surface area contributed by atoms with Gasteiger partial charge in [-0.25, -0.2) is 4.79 Å². The summed E-state index contributed by atoms with van der Waals surface area (Å²) in [5.74, 6) is -0.633.